The lowest BCUT2D eigenvalue weighted by Gasteiger charge is -2.17. The zero-order chi connectivity index (χ0) is 15.0. The fourth-order valence-corrected chi connectivity index (χ4v) is 3.30. The van der Waals surface area contributed by atoms with Crippen LogP contribution in [0, 0.1) is 13.8 Å². The summed E-state index contributed by atoms with van der Waals surface area (Å²) in [6, 6.07) is 18.3. The molecule has 1 unspecified atom stereocenters. The number of hydrogen-bond donors (Lipinski definition) is 1. The Balaban J connectivity index is 2.18. The van der Waals surface area contributed by atoms with Crippen molar-refractivity contribution in [2.75, 3.05) is 0 Å². The molecule has 1 N–H and O–H groups in total. The van der Waals surface area contributed by atoms with Gasteiger partial charge in [0, 0.05) is 4.47 Å². The summed E-state index contributed by atoms with van der Waals surface area (Å²) in [5, 5.41) is 13.0. The number of aliphatic hydroxyl groups is 1. The predicted molar refractivity (Wildman–Crippen MR) is 91.6 cm³/mol. The topological polar surface area (TPSA) is 20.2 Å². The van der Waals surface area contributed by atoms with Crippen molar-refractivity contribution >= 4 is 26.7 Å². The molecular formula is C19H17BrO. The molecule has 0 aromatic heterocycles. The number of hydrogen-bond acceptors (Lipinski definition) is 1. The molecule has 0 fully saturated rings. The predicted octanol–water partition coefficient (Wildman–Crippen LogP) is 5.30. The number of aliphatic hydroxyl groups excluding tert-OH is 1. The van der Waals surface area contributed by atoms with Gasteiger partial charge in [0.25, 0.3) is 0 Å². The maximum Gasteiger partial charge on any atom is 0.105 e. The second-order valence-corrected chi connectivity index (χ2v) is 6.30. The molecule has 0 aliphatic rings. The lowest BCUT2D eigenvalue weighted by Crippen LogP contribution is -2.03. The zero-order valence-corrected chi connectivity index (χ0v) is 13.7. The Labute approximate surface area is 133 Å². The molecule has 2 heteroatoms. The van der Waals surface area contributed by atoms with Crippen molar-refractivity contribution in [2.24, 2.45) is 0 Å². The summed E-state index contributed by atoms with van der Waals surface area (Å²) in [7, 11) is 0. The highest BCUT2D eigenvalue weighted by atomic mass is 79.9. The third kappa shape index (κ3) is 2.61. The molecule has 3 rings (SSSR count). The standard InChI is InChI=1S/C19H17BrO/c1-12-7-8-14(13(2)11-12)19(21)17-9-10-18(20)16-6-4-3-5-15(16)17/h3-11,19,21H,1-2H3. The van der Waals surface area contributed by atoms with Gasteiger partial charge in [0.2, 0.25) is 0 Å². The maximum absolute atomic E-state index is 10.8. The van der Waals surface area contributed by atoms with Crippen LogP contribution in [0.5, 0.6) is 0 Å². The van der Waals surface area contributed by atoms with E-state index >= 15 is 0 Å². The van der Waals surface area contributed by atoms with Crippen LogP contribution in [0.3, 0.4) is 0 Å². The highest BCUT2D eigenvalue weighted by Crippen LogP contribution is 2.34. The van der Waals surface area contributed by atoms with Gasteiger partial charge in [-0.1, -0.05) is 70.0 Å². The number of benzene rings is 3. The molecule has 1 atom stereocenters. The second kappa shape index (κ2) is 5.63. The smallest absolute Gasteiger partial charge is 0.105 e. The first-order chi connectivity index (χ1) is 10.1. The zero-order valence-electron chi connectivity index (χ0n) is 12.1. The van der Waals surface area contributed by atoms with Crippen molar-refractivity contribution in [1.29, 1.82) is 0 Å². The summed E-state index contributed by atoms with van der Waals surface area (Å²) in [6.07, 6.45) is -0.608. The minimum Gasteiger partial charge on any atom is -0.384 e. The molecule has 0 aliphatic carbocycles. The first-order valence-corrected chi connectivity index (χ1v) is 7.79. The van der Waals surface area contributed by atoms with Crippen molar-refractivity contribution in [1.82, 2.24) is 0 Å². The second-order valence-electron chi connectivity index (χ2n) is 5.44. The highest BCUT2D eigenvalue weighted by molar-refractivity contribution is 9.10. The Hall–Kier alpha value is -1.64. The lowest BCUT2D eigenvalue weighted by atomic mass is 9.93. The minimum atomic E-state index is -0.608. The summed E-state index contributed by atoms with van der Waals surface area (Å²) >= 11 is 3.58. The van der Waals surface area contributed by atoms with Crippen LogP contribution in [0.4, 0.5) is 0 Å². The molecule has 3 aromatic rings. The largest absolute Gasteiger partial charge is 0.384 e. The van der Waals surface area contributed by atoms with E-state index in [1.54, 1.807) is 0 Å². The molecular weight excluding hydrogens is 324 g/mol. The number of rotatable bonds is 2. The average Bonchev–Trinajstić information content (AvgIpc) is 2.47. The molecule has 0 radical (unpaired) electrons. The molecule has 0 spiro atoms. The minimum absolute atomic E-state index is 0.608. The first kappa shape index (κ1) is 14.3. The normalized spacial score (nSPS) is 12.6. The van der Waals surface area contributed by atoms with E-state index in [0.717, 1.165) is 31.9 Å². The van der Waals surface area contributed by atoms with Gasteiger partial charge < -0.3 is 5.11 Å². The van der Waals surface area contributed by atoms with Crippen molar-refractivity contribution in [2.45, 2.75) is 20.0 Å². The van der Waals surface area contributed by atoms with E-state index in [-0.39, 0.29) is 0 Å². The highest BCUT2D eigenvalue weighted by Gasteiger charge is 2.16. The van der Waals surface area contributed by atoms with Crippen LogP contribution in [0.1, 0.15) is 28.4 Å². The van der Waals surface area contributed by atoms with Crippen molar-refractivity contribution in [3.8, 4) is 0 Å². The first-order valence-electron chi connectivity index (χ1n) is 7.00. The summed E-state index contributed by atoms with van der Waals surface area (Å²) in [5.41, 5.74) is 4.24. The fraction of sp³-hybridized carbons (Fsp3) is 0.158. The summed E-state index contributed by atoms with van der Waals surface area (Å²) in [4.78, 5) is 0. The molecule has 106 valence electrons. The van der Waals surface area contributed by atoms with Gasteiger partial charge in [0.05, 0.1) is 0 Å². The average molecular weight is 341 g/mol. The van der Waals surface area contributed by atoms with Gasteiger partial charge in [0.1, 0.15) is 6.10 Å². The number of aryl methyl sites for hydroxylation is 2. The Bertz CT molecular complexity index is 808. The van der Waals surface area contributed by atoms with Gasteiger partial charge in [-0.25, -0.2) is 0 Å². The number of halogens is 1. The summed E-state index contributed by atoms with van der Waals surface area (Å²) in [5.74, 6) is 0. The SMILES string of the molecule is Cc1ccc(C(O)c2ccc(Br)c3ccccc23)c(C)c1. The van der Waals surface area contributed by atoms with E-state index in [2.05, 4.69) is 41.1 Å². The quantitative estimate of drug-likeness (QED) is 0.670. The third-order valence-corrected chi connectivity index (χ3v) is 4.61. The molecule has 0 bridgehead atoms. The van der Waals surface area contributed by atoms with Gasteiger partial charge in [-0.05, 0) is 47.4 Å². The van der Waals surface area contributed by atoms with Crippen molar-refractivity contribution < 1.29 is 5.11 Å². The molecule has 0 saturated carbocycles. The van der Waals surface area contributed by atoms with Crippen LogP contribution < -0.4 is 0 Å². The van der Waals surface area contributed by atoms with E-state index < -0.39 is 6.10 Å². The van der Waals surface area contributed by atoms with Gasteiger partial charge in [-0.2, -0.15) is 0 Å². The van der Waals surface area contributed by atoms with Crippen LogP contribution in [0.15, 0.2) is 59.1 Å². The Kier molecular flexibility index (Phi) is 3.83. The van der Waals surface area contributed by atoms with Crippen LogP contribution >= 0.6 is 15.9 Å². The Morgan fingerprint density at radius 3 is 2.24 bits per heavy atom. The third-order valence-electron chi connectivity index (χ3n) is 3.92. The summed E-state index contributed by atoms with van der Waals surface area (Å²) in [6.45, 7) is 4.12. The van der Waals surface area contributed by atoms with Crippen molar-refractivity contribution in [3.63, 3.8) is 0 Å². The molecule has 1 nitrogen and oxygen atoms in total. The van der Waals surface area contributed by atoms with E-state index in [9.17, 15) is 5.11 Å². The molecule has 0 heterocycles. The van der Waals surface area contributed by atoms with Crippen LogP contribution in [-0.4, -0.2) is 5.11 Å². The van der Waals surface area contributed by atoms with Gasteiger partial charge in [0.15, 0.2) is 0 Å². The van der Waals surface area contributed by atoms with Gasteiger partial charge in [-0.3, -0.25) is 0 Å². The maximum atomic E-state index is 10.8. The fourth-order valence-electron chi connectivity index (χ4n) is 2.82. The van der Waals surface area contributed by atoms with E-state index in [1.807, 2.05) is 43.3 Å². The van der Waals surface area contributed by atoms with Crippen LogP contribution in [0.25, 0.3) is 10.8 Å². The molecule has 0 aliphatic heterocycles. The molecule has 0 amide bonds. The summed E-state index contributed by atoms with van der Waals surface area (Å²) < 4.78 is 1.05. The van der Waals surface area contributed by atoms with Gasteiger partial charge >= 0.3 is 0 Å². The number of fused-ring (bicyclic) bond motifs is 1. The molecule has 0 saturated heterocycles. The van der Waals surface area contributed by atoms with Crippen LogP contribution in [-0.2, 0) is 0 Å². The van der Waals surface area contributed by atoms with E-state index in [4.69, 9.17) is 0 Å². The lowest BCUT2D eigenvalue weighted by molar-refractivity contribution is 0.221. The van der Waals surface area contributed by atoms with E-state index in [1.165, 1.54) is 5.56 Å². The monoisotopic (exact) mass is 340 g/mol. The Morgan fingerprint density at radius 1 is 0.857 bits per heavy atom. The van der Waals surface area contributed by atoms with E-state index in [0.29, 0.717) is 0 Å². The Morgan fingerprint density at radius 2 is 1.52 bits per heavy atom. The molecule has 21 heavy (non-hydrogen) atoms. The molecule has 3 aromatic carbocycles. The van der Waals surface area contributed by atoms with Gasteiger partial charge in [-0.15, -0.1) is 0 Å². The van der Waals surface area contributed by atoms with Crippen LogP contribution in [0.2, 0.25) is 0 Å². The van der Waals surface area contributed by atoms with Crippen molar-refractivity contribution in [3.05, 3.63) is 81.3 Å².